The summed E-state index contributed by atoms with van der Waals surface area (Å²) in [4.78, 5) is 13.6. The van der Waals surface area contributed by atoms with Gasteiger partial charge in [0.1, 0.15) is 0 Å². The van der Waals surface area contributed by atoms with E-state index in [0.29, 0.717) is 10.6 Å². The summed E-state index contributed by atoms with van der Waals surface area (Å²) in [5.74, 6) is -0.0589. The Bertz CT molecular complexity index is 449. The number of hydrogen-bond donors (Lipinski definition) is 1. The minimum atomic E-state index is -0.0589. The van der Waals surface area contributed by atoms with Gasteiger partial charge in [-0.1, -0.05) is 11.6 Å². The van der Waals surface area contributed by atoms with Crippen molar-refractivity contribution in [2.45, 2.75) is 26.0 Å². The van der Waals surface area contributed by atoms with Crippen LogP contribution in [0.25, 0.3) is 0 Å². The Labute approximate surface area is 119 Å². The van der Waals surface area contributed by atoms with E-state index in [2.05, 4.69) is 5.32 Å². The van der Waals surface area contributed by atoms with E-state index in [1.165, 1.54) is 0 Å². The summed E-state index contributed by atoms with van der Waals surface area (Å²) in [6.07, 6.45) is 0.0290. The molecule has 4 nitrogen and oxygen atoms in total. The molecule has 2 atom stereocenters. The summed E-state index contributed by atoms with van der Waals surface area (Å²) < 4.78 is 5.27. The van der Waals surface area contributed by atoms with E-state index >= 15 is 0 Å². The SMILES string of the molecule is COC(C)C(C)Nc1cc(Cl)ccc1C(=O)N(C)C. The Morgan fingerprint density at radius 2 is 2.00 bits per heavy atom. The molecule has 0 saturated carbocycles. The average Bonchev–Trinajstić information content (AvgIpc) is 2.37. The molecular weight excluding hydrogens is 264 g/mol. The lowest BCUT2D eigenvalue weighted by Crippen LogP contribution is -2.31. The van der Waals surface area contributed by atoms with Gasteiger partial charge in [0, 0.05) is 38.0 Å². The van der Waals surface area contributed by atoms with Gasteiger partial charge in [-0.2, -0.15) is 0 Å². The molecule has 1 amide bonds. The molecule has 0 aromatic heterocycles. The van der Waals surface area contributed by atoms with Crippen molar-refractivity contribution in [1.29, 1.82) is 0 Å². The van der Waals surface area contributed by atoms with Crippen molar-refractivity contribution < 1.29 is 9.53 Å². The predicted octanol–water partition coefficient (Wildman–Crippen LogP) is 2.88. The first kappa shape index (κ1) is 15.8. The molecule has 0 spiro atoms. The maximum Gasteiger partial charge on any atom is 0.255 e. The summed E-state index contributed by atoms with van der Waals surface area (Å²) >= 11 is 6.00. The van der Waals surface area contributed by atoms with Crippen molar-refractivity contribution in [3.63, 3.8) is 0 Å². The zero-order valence-corrected chi connectivity index (χ0v) is 12.8. The van der Waals surface area contributed by atoms with E-state index in [9.17, 15) is 4.79 Å². The van der Waals surface area contributed by atoms with Gasteiger partial charge in [0.25, 0.3) is 5.91 Å². The zero-order chi connectivity index (χ0) is 14.6. The van der Waals surface area contributed by atoms with Gasteiger partial charge >= 0.3 is 0 Å². The van der Waals surface area contributed by atoms with Crippen LogP contribution in [0.15, 0.2) is 18.2 Å². The van der Waals surface area contributed by atoms with Crippen LogP contribution in [-0.4, -0.2) is 44.2 Å². The molecule has 1 aromatic carbocycles. The minimum Gasteiger partial charge on any atom is -0.380 e. The van der Waals surface area contributed by atoms with Gasteiger partial charge in [0.2, 0.25) is 0 Å². The van der Waals surface area contributed by atoms with Crippen LogP contribution in [0, 0.1) is 0 Å². The third kappa shape index (κ3) is 4.11. The molecule has 5 heteroatoms. The Kier molecular flexibility index (Phi) is 5.63. The molecule has 0 aliphatic rings. The monoisotopic (exact) mass is 284 g/mol. The predicted molar refractivity (Wildman–Crippen MR) is 79.0 cm³/mol. The average molecular weight is 285 g/mol. The number of amides is 1. The molecule has 19 heavy (non-hydrogen) atoms. The quantitative estimate of drug-likeness (QED) is 0.904. The smallest absolute Gasteiger partial charge is 0.255 e. The standard InChI is InChI=1S/C14H21ClN2O2/c1-9(10(2)19-5)16-13-8-11(15)6-7-12(13)14(18)17(3)4/h6-10,16H,1-5H3. The number of benzene rings is 1. The van der Waals surface area contributed by atoms with Gasteiger partial charge in [-0.15, -0.1) is 0 Å². The fourth-order valence-electron chi connectivity index (χ4n) is 1.63. The molecule has 0 heterocycles. The number of nitrogens with one attached hydrogen (secondary N) is 1. The first-order valence-corrected chi connectivity index (χ1v) is 6.55. The summed E-state index contributed by atoms with van der Waals surface area (Å²) in [5.41, 5.74) is 1.33. The second-order valence-electron chi connectivity index (χ2n) is 4.76. The summed E-state index contributed by atoms with van der Waals surface area (Å²) in [6, 6.07) is 5.28. The molecule has 0 aliphatic carbocycles. The highest BCUT2D eigenvalue weighted by Gasteiger charge is 2.17. The number of methoxy groups -OCH3 is 1. The van der Waals surface area contributed by atoms with Crippen LogP contribution in [0.4, 0.5) is 5.69 Å². The van der Waals surface area contributed by atoms with Gasteiger partial charge in [0.15, 0.2) is 0 Å². The Morgan fingerprint density at radius 1 is 1.37 bits per heavy atom. The fraction of sp³-hybridized carbons (Fsp3) is 0.500. The number of carbonyl (C=O) groups is 1. The molecule has 0 fully saturated rings. The third-order valence-corrected chi connectivity index (χ3v) is 3.31. The van der Waals surface area contributed by atoms with E-state index in [1.807, 2.05) is 13.8 Å². The first-order valence-electron chi connectivity index (χ1n) is 6.17. The van der Waals surface area contributed by atoms with E-state index in [0.717, 1.165) is 5.69 Å². The van der Waals surface area contributed by atoms with Gasteiger partial charge in [-0.25, -0.2) is 0 Å². The van der Waals surface area contributed by atoms with Crippen LogP contribution in [-0.2, 0) is 4.74 Å². The molecular formula is C14H21ClN2O2. The van der Waals surface area contributed by atoms with Gasteiger partial charge in [-0.05, 0) is 32.0 Å². The minimum absolute atomic E-state index is 0.0290. The number of anilines is 1. The summed E-state index contributed by atoms with van der Waals surface area (Å²) in [5, 5.41) is 3.87. The topological polar surface area (TPSA) is 41.6 Å². The molecule has 0 saturated heterocycles. The highest BCUT2D eigenvalue weighted by molar-refractivity contribution is 6.31. The van der Waals surface area contributed by atoms with E-state index in [4.69, 9.17) is 16.3 Å². The number of halogens is 1. The molecule has 0 bridgehead atoms. The van der Waals surface area contributed by atoms with Crippen molar-refractivity contribution in [2.75, 3.05) is 26.5 Å². The second kappa shape index (κ2) is 6.78. The highest BCUT2D eigenvalue weighted by Crippen LogP contribution is 2.23. The van der Waals surface area contributed by atoms with Crippen molar-refractivity contribution in [3.8, 4) is 0 Å². The van der Waals surface area contributed by atoms with Crippen LogP contribution in [0.3, 0.4) is 0 Å². The number of hydrogen-bond acceptors (Lipinski definition) is 3. The van der Waals surface area contributed by atoms with Crippen LogP contribution in [0.5, 0.6) is 0 Å². The van der Waals surface area contributed by atoms with Crippen molar-refractivity contribution in [1.82, 2.24) is 4.90 Å². The Hall–Kier alpha value is -1.26. The molecule has 1 rings (SSSR count). The molecule has 1 N–H and O–H groups in total. The Morgan fingerprint density at radius 3 is 2.53 bits per heavy atom. The van der Waals surface area contributed by atoms with Gasteiger partial charge in [0.05, 0.1) is 11.7 Å². The van der Waals surface area contributed by atoms with Crippen LogP contribution >= 0.6 is 11.6 Å². The molecule has 106 valence electrons. The number of rotatable bonds is 5. The maximum absolute atomic E-state index is 12.1. The molecule has 1 aromatic rings. The van der Waals surface area contributed by atoms with Crippen molar-refractivity contribution >= 4 is 23.2 Å². The zero-order valence-electron chi connectivity index (χ0n) is 12.0. The largest absolute Gasteiger partial charge is 0.380 e. The molecule has 0 aliphatic heterocycles. The lowest BCUT2D eigenvalue weighted by atomic mass is 10.1. The third-order valence-electron chi connectivity index (χ3n) is 3.08. The lowest BCUT2D eigenvalue weighted by Gasteiger charge is -2.23. The number of ether oxygens (including phenoxy) is 1. The number of carbonyl (C=O) groups excluding carboxylic acids is 1. The van der Waals surface area contributed by atoms with Crippen molar-refractivity contribution in [2.24, 2.45) is 0 Å². The first-order chi connectivity index (χ1) is 8.86. The van der Waals surface area contributed by atoms with E-state index in [-0.39, 0.29) is 18.1 Å². The van der Waals surface area contributed by atoms with Crippen LogP contribution in [0.2, 0.25) is 5.02 Å². The maximum atomic E-state index is 12.1. The lowest BCUT2D eigenvalue weighted by molar-refractivity contribution is 0.0827. The van der Waals surface area contributed by atoms with Crippen LogP contribution < -0.4 is 5.32 Å². The van der Waals surface area contributed by atoms with Gasteiger partial charge < -0.3 is 15.0 Å². The number of nitrogens with zero attached hydrogens (tertiary/aromatic N) is 1. The molecule has 2 unspecified atom stereocenters. The van der Waals surface area contributed by atoms with Crippen molar-refractivity contribution in [3.05, 3.63) is 28.8 Å². The Balaban J connectivity index is 3.04. The normalized spacial score (nSPS) is 13.8. The van der Waals surface area contributed by atoms with E-state index in [1.54, 1.807) is 44.3 Å². The second-order valence-corrected chi connectivity index (χ2v) is 5.20. The van der Waals surface area contributed by atoms with E-state index < -0.39 is 0 Å². The van der Waals surface area contributed by atoms with Gasteiger partial charge in [-0.3, -0.25) is 4.79 Å². The summed E-state index contributed by atoms with van der Waals surface area (Å²) in [6.45, 7) is 3.97. The van der Waals surface area contributed by atoms with Crippen LogP contribution in [0.1, 0.15) is 24.2 Å². The fourth-order valence-corrected chi connectivity index (χ4v) is 1.80. The summed E-state index contributed by atoms with van der Waals surface area (Å²) in [7, 11) is 5.11. The highest BCUT2D eigenvalue weighted by atomic mass is 35.5. The molecule has 0 radical (unpaired) electrons.